The highest BCUT2D eigenvalue weighted by molar-refractivity contribution is 5.96. The SMILES string of the molecule is O=C(Nc1ccccc1Oc1cccnc1)C1CCCN1C1CCCCC1. The van der Waals surface area contributed by atoms with Crippen LogP contribution in [0.25, 0.3) is 0 Å². The number of para-hydroxylation sites is 2. The van der Waals surface area contributed by atoms with Gasteiger partial charge in [-0.05, 0) is 56.5 Å². The lowest BCUT2D eigenvalue weighted by Gasteiger charge is -2.34. The molecule has 1 unspecified atom stereocenters. The van der Waals surface area contributed by atoms with Crippen molar-refractivity contribution < 1.29 is 9.53 Å². The highest BCUT2D eigenvalue weighted by Crippen LogP contribution is 2.32. The van der Waals surface area contributed by atoms with Crippen molar-refractivity contribution in [3.8, 4) is 11.5 Å². The number of carbonyl (C=O) groups excluding carboxylic acids is 1. The van der Waals surface area contributed by atoms with Crippen LogP contribution in [0.1, 0.15) is 44.9 Å². The zero-order chi connectivity index (χ0) is 18.5. The van der Waals surface area contributed by atoms with Gasteiger partial charge in [0, 0.05) is 12.2 Å². The van der Waals surface area contributed by atoms with Crippen molar-refractivity contribution in [1.82, 2.24) is 9.88 Å². The van der Waals surface area contributed by atoms with Crippen LogP contribution >= 0.6 is 0 Å². The number of ether oxygens (including phenoxy) is 1. The highest BCUT2D eigenvalue weighted by Gasteiger charge is 2.35. The minimum Gasteiger partial charge on any atom is -0.454 e. The molecule has 2 heterocycles. The molecule has 0 spiro atoms. The molecule has 0 bridgehead atoms. The second-order valence-electron chi connectivity index (χ2n) is 7.46. The Balaban J connectivity index is 1.46. The van der Waals surface area contributed by atoms with Crippen molar-refractivity contribution in [3.63, 3.8) is 0 Å². The molecule has 5 heteroatoms. The summed E-state index contributed by atoms with van der Waals surface area (Å²) >= 11 is 0. The van der Waals surface area contributed by atoms with E-state index in [-0.39, 0.29) is 11.9 Å². The van der Waals surface area contributed by atoms with Gasteiger partial charge in [0.2, 0.25) is 5.91 Å². The van der Waals surface area contributed by atoms with Crippen molar-refractivity contribution in [3.05, 3.63) is 48.8 Å². The van der Waals surface area contributed by atoms with E-state index >= 15 is 0 Å². The van der Waals surface area contributed by atoms with Crippen LogP contribution < -0.4 is 10.1 Å². The van der Waals surface area contributed by atoms with Gasteiger partial charge in [-0.3, -0.25) is 14.7 Å². The molecule has 1 atom stereocenters. The van der Waals surface area contributed by atoms with E-state index in [0.717, 1.165) is 19.4 Å². The average molecular weight is 365 g/mol. The molecule has 1 aliphatic heterocycles. The van der Waals surface area contributed by atoms with Gasteiger partial charge in [0.05, 0.1) is 17.9 Å². The highest BCUT2D eigenvalue weighted by atomic mass is 16.5. The Bertz CT molecular complexity index is 759. The molecule has 2 fully saturated rings. The molecule has 1 aromatic heterocycles. The molecule has 1 aliphatic carbocycles. The Morgan fingerprint density at radius 3 is 2.70 bits per heavy atom. The van der Waals surface area contributed by atoms with E-state index in [9.17, 15) is 4.79 Å². The number of carbonyl (C=O) groups is 1. The molecule has 27 heavy (non-hydrogen) atoms. The molecule has 1 amide bonds. The summed E-state index contributed by atoms with van der Waals surface area (Å²) in [5.74, 6) is 1.38. The molecule has 4 rings (SSSR count). The van der Waals surface area contributed by atoms with E-state index in [2.05, 4.69) is 15.2 Å². The number of pyridine rings is 1. The number of anilines is 1. The zero-order valence-corrected chi connectivity index (χ0v) is 15.6. The van der Waals surface area contributed by atoms with Gasteiger partial charge in [-0.25, -0.2) is 0 Å². The van der Waals surface area contributed by atoms with Crippen LogP contribution in [0, 0.1) is 0 Å². The summed E-state index contributed by atoms with van der Waals surface area (Å²) < 4.78 is 5.93. The van der Waals surface area contributed by atoms with Crippen LogP contribution in [-0.2, 0) is 4.79 Å². The Morgan fingerprint density at radius 1 is 1.04 bits per heavy atom. The largest absolute Gasteiger partial charge is 0.454 e. The predicted molar refractivity (Wildman–Crippen MR) is 106 cm³/mol. The lowest BCUT2D eigenvalue weighted by Crippen LogP contribution is -2.46. The third-order valence-corrected chi connectivity index (χ3v) is 5.65. The van der Waals surface area contributed by atoms with Crippen molar-refractivity contribution in [2.24, 2.45) is 0 Å². The first kappa shape index (κ1) is 18.0. The smallest absolute Gasteiger partial charge is 0.241 e. The van der Waals surface area contributed by atoms with Crippen LogP contribution in [0.15, 0.2) is 48.8 Å². The van der Waals surface area contributed by atoms with Gasteiger partial charge < -0.3 is 10.1 Å². The summed E-state index contributed by atoms with van der Waals surface area (Å²) in [6.45, 7) is 1.04. The maximum absolute atomic E-state index is 13.1. The summed E-state index contributed by atoms with van der Waals surface area (Å²) in [7, 11) is 0. The fraction of sp³-hybridized carbons (Fsp3) is 0.455. The molecular formula is C22H27N3O2. The normalized spacial score (nSPS) is 21.1. The topological polar surface area (TPSA) is 54.5 Å². The van der Waals surface area contributed by atoms with Crippen molar-refractivity contribution >= 4 is 11.6 Å². The maximum Gasteiger partial charge on any atom is 0.241 e. The van der Waals surface area contributed by atoms with Crippen molar-refractivity contribution in [1.29, 1.82) is 0 Å². The quantitative estimate of drug-likeness (QED) is 0.841. The summed E-state index contributed by atoms with van der Waals surface area (Å²) in [5.41, 5.74) is 0.710. The molecule has 1 saturated heterocycles. The molecule has 2 aliphatic rings. The first-order valence-electron chi connectivity index (χ1n) is 10.0. The molecular weight excluding hydrogens is 338 g/mol. The summed E-state index contributed by atoms with van der Waals surface area (Å²) in [4.78, 5) is 19.6. The molecule has 5 nitrogen and oxygen atoms in total. The molecule has 142 valence electrons. The molecule has 1 aromatic carbocycles. The standard InChI is InChI=1S/C22H27N3O2/c26-22(20-12-7-15-25(20)17-8-2-1-3-9-17)24-19-11-4-5-13-21(19)27-18-10-6-14-23-16-18/h4-6,10-11,13-14,16-17,20H,1-3,7-9,12,15H2,(H,24,26). The van der Waals surface area contributed by atoms with E-state index in [1.54, 1.807) is 12.4 Å². The Hall–Kier alpha value is -2.40. The third kappa shape index (κ3) is 4.30. The van der Waals surface area contributed by atoms with Gasteiger partial charge in [-0.2, -0.15) is 0 Å². The summed E-state index contributed by atoms with van der Waals surface area (Å²) in [6, 6.07) is 11.8. The Kier molecular flexibility index (Phi) is 5.68. The van der Waals surface area contributed by atoms with Crippen LogP contribution in [0.3, 0.4) is 0 Å². The first-order valence-corrected chi connectivity index (χ1v) is 10.0. The second kappa shape index (κ2) is 8.53. The van der Waals surface area contributed by atoms with E-state index in [1.165, 1.54) is 32.1 Å². The average Bonchev–Trinajstić information content (AvgIpc) is 3.21. The second-order valence-corrected chi connectivity index (χ2v) is 7.46. The number of benzene rings is 1. The van der Waals surface area contributed by atoms with Crippen molar-refractivity contribution in [2.75, 3.05) is 11.9 Å². The van der Waals surface area contributed by atoms with E-state index in [4.69, 9.17) is 4.74 Å². The van der Waals surface area contributed by atoms with E-state index in [0.29, 0.717) is 23.2 Å². The van der Waals surface area contributed by atoms with Crippen LogP contribution in [0.5, 0.6) is 11.5 Å². The minimum atomic E-state index is -0.0282. The van der Waals surface area contributed by atoms with E-state index < -0.39 is 0 Å². The predicted octanol–water partition coefficient (Wildman–Crippen LogP) is 4.61. The maximum atomic E-state index is 13.1. The molecule has 2 aromatic rings. The number of nitrogens with one attached hydrogen (secondary N) is 1. The van der Waals surface area contributed by atoms with Crippen LogP contribution in [0.2, 0.25) is 0 Å². The van der Waals surface area contributed by atoms with Gasteiger partial charge in [-0.1, -0.05) is 31.4 Å². The number of amides is 1. The fourth-order valence-electron chi connectivity index (χ4n) is 4.33. The number of aromatic nitrogens is 1. The van der Waals surface area contributed by atoms with Crippen molar-refractivity contribution in [2.45, 2.75) is 57.0 Å². The van der Waals surface area contributed by atoms with Gasteiger partial charge in [0.25, 0.3) is 0 Å². The Morgan fingerprint density at radius 2 is 1.89 bits per heavy atom. The Labute approximate surface area is 160 Å². The van der Waals surface area contributed by atoms with Crippen LogP contribution in [-0.4, -0.2) is 34.4 Å². The molecule has 1 saturated carbocycles. The summed E-state index contributed by atoms with van der Waals surface area (Å²) in [5, 5.41) is 3.12. The number of nitrogens with zero attached hydrogens (tertiary/aromatic N) is 2. The third-order valence-electron chi connectivity index (χ3n) is 5.65. The zero-order valence-electron chi connectivity index (χ0n) is 15.6. The number of rotatable bonds is 5. The van der Waals surface area contributed by atoms with Crippen LogP contribution in [0.4, 0.5) is 5.69 Å². The first-order chi connectivity index (χ1) is 13.3. The number of hydrogen-bond acceptors (Lipinski definition) is 4. The minimum absolute atomic E-state index is 0.0282. The van der Waals surface area contributed by atoms with Gasteiger partial charge >= 0.3 is 0 Å². The summed E-state index contributed by atoms with van der Waals surface area (Å²) in [6.07, 6.45) is 11.8. The lowest BCUT2D eigenvalue weighted by atomic mass is 9.93. The molecule has 0 radical (unpaired) electrons. The van der Waals surface area contributed by atoms with E-state index in [1.807, 2.05) is 36.4 Å². The number of hydrogen-bond donors (Lipinski definition) is 1. The van der Waals surface area contributed by atoms with Gasteiger partial charge in [-0.15, -0.1) is 0 Å². The monoisotopic (exact) mass is 365 g/mol. The molecule has 1 N–H and O–H groups in total. The number of likely N-dealkylation sites (tertiary alicyclic amines) is 1. The lowest BCUT2D eigenvalue weighted by molar-refractivity contribution is -0.121. The van der Waals surface area contributed by atoms with Gasteiger partial charge in [0.1, 0.15) is 5.75 Å². The van der Waals surface area contributed by atoms with Gasteiger partial charge in [0.15, 0.2) is 5.75 Å². The fourth-order valence-corrected chi connectivity index (χ4v) is 4.33.